The number of aliphatic carboxylic acids is 1. The van der Waals surface area contributed by atoms with E-state index in [4.69, 9.17) is 5.11 Å². The average Bonchev–Trinajstić information content (AvgIpc) is 2.37. The molecule has 0 radical (unpaired) electrons. The zero-order chi connectivity index (χ0) is 14.3. The van der Waals surface area contributed by atoms with Gasteiger partial charge in [0.05, 0.1) is 10.6 Å². The third-order valence-corrected chi connectivity index (χ3v) is 4.74. The average molecular weight is 284 g/mol. The van der Waals surface area contributed by atoms with Crippen molar-refractivity contribution in [2.75, 3.05) is 5.75 Å². The van der Waals surface area contributed by atoms with Crippen LogP contribution in [-0.4, -0.2) is 25.2 Å². The number of aryl methyl sites for hydroxylation is 1. The number of carboxylic acids is 1. The normalized spacial score (nSPS) is 11.4. The topological polar surface area (TPSA) is 71.4 Å². The van der Waals surface area contributed by atoms with Gasteiger partial charge >= 0.3 is 5.97 Å². The smallest absolute Gasteiger partial charge is 0.303 e. The first-order chi connectivity index (χ1) is 8.95. The number of benzene rings is 1. The largest absolute Gasteiger partial charge is 0.481 e. The molecule has 0 saturated carbocycles. The van der Waals surface area contributed by atoms with E-state index >= 15 is 0 Å². The third-order valence-electron chi connectivity index (χ3n) is 2.93. The molecule has 0 unspecified atom stereocenters. The Bertz CT molecular complexity index is 503. The molecule has 0 aliphatic rings. The molecule has 0 bridgehead atoms. The summed E-state index contributed by atoms with van der Waals surface area (Å²) in [5.41, 5.74) is 0.843. The molecule has 1 aromatic rings. The number of hydrogen-bond donors (Lipinski definition) is 1. The van der Waals surface area contributed by atoms with Gasteiger partial charge in [-0.2, -0.15) is 0 Å². The minimum absolute atomic E-state index is 0.0581. The van der Waals surface area contributed by atoms with Crippen molar-refractivity contribution in [3.63, 3.8) is 0 Å². The molecule has 0 heterocycles. The van der Waals surface area contributed by atoms with Crippen molar-refractivity contribution in [1.29, 1.82) is 0 Å². The van der Waals surface area contributed by atoms with Crippen LogP contribution >= 0.6 is 0 Å². The standard InChI is InChI=1S/C14H20O4S/c1-2-3-4-11-19(17,18)13-8-5-12(6-9-13)7-10-14(15)16/h5-6,8-9H,2-4,7,10-11H2,1H3,(H,15,16). The van der Waals surface area contributed by atoms with Crippen LogP contribution in [-0.2, 0) is 21.1 Å². The van der Waals surface area contributed by atoms with E-state index in [2.05, 4.69) is 0 Å². The van der Waals surface area contributed by atoms with Crippen molar-refractivity contribution in [2.24, 2.45) is 0 Å². The maximum Gasteiger partial charge on any atom is 0.303 e. The predicted octanol–water partition coefficient (Wildman–Crippen LogP) is 2.67. The lowest BCUT2D eigenvalue weighted by Gasteiger charge is -2.05. The van der Waals surface area contributed by atoms with Crippen LogP contribution in [0.3, 0.4) is 0 Å². The Hall–Kier alpha value is -1.36. The zero-order valence-corrected chi connectivity index (χ0v) is 11.9. The van der Waals surface area contributed by atoms with Crippen LogP contribution < -0.4 is 0 Å². The minimum atomic E-state index is -3.20. The zero-order valence-electron chi connectivity index (χ0n) is 11.1. The van der Waals surface area contributed by atoms with E-state index in [9.17, 15) is 13.2 Å². The summed E-state index contributed by atoms with van der Waals surface area (Å²) in [5.74, 6) is -0.675. The first-order valence-electron chi connectivity index (χ1n) is 6.49. The van der Waals surface area contributed by atoms with Gasteiger partial charge in [-0.1, -0.05) is 31.9 Å². The van der Waals surface area contributed by atoms with E-state index in [0.29, 0.717) is 17.7 Å². The van der Waals surface area contributed by atoms with Gasteiger partial charge < -0.3 is 5.11 Å². The Morgan fingerprint density at radius 2 is 1.79 bits per heavy atom. The molecule has 0 spiro atoms. The quantitative estimate of drug-likeness (QED) is 0.745. The molecule has 1 aromatic carbocycles. The fraction of sp³-hybridized carbons (Fsp3) is 0.500. The second kappa shape index (κ2) is 7.28. The summed E-state index contributed by atoms with van der Waals surface area (Å²) in [6, 6.07) is 6.52. The third kappa shape index (κ3) is 5.42. The Kier molecular flexibility index (Phi) is 6.02. The summed E-state index contributed by atoms with van der Waals surface area (Å²) in [5, 5.41) is 8.58. The molecule has 0 fully saturated rings. The summed E-state index contributed by atoms with van der Waals surface area (Å²) in [4.78, 5) is 10.8. The molecule has 1 rings (SSSR count). The molecule has 0 amide bonds. The summed E-state index contributed by atoms with van der Waals surface area (Å²) >= 11 is 0. The Morgan fingerprint density at radius 3 is 2.32 bits per heavy atom. The van der Waals surface area contributed by atoms with E-state index < -0.39 is 15.8 Å². The van der Waals surface area contributed by atoms with Crippen molar-refractivity contribution in [1.82, 2.24) is 0 Å². The highest BCUT2D eigenvalue weighted by Crippen LogP contribution is 2.15. The second-order valence-electron chi connectivity index (χ2n) is 4.56. The summed E-state index contributed by atoms with van der Waals surface area (Å²) < 4.78 is 24.0. The summed E-state index contributed by atoms with van der Waals surface area (Å²) in [6.45, 7) is 2.03. The molecule has 19 heavy (non-hydrogen) atoms. The molecule has 0 aliphatic carbocycles. The van der Waals surface area contributed by atoms with E-state index in [1.54, 1.807) is 24.3 Å². The van der Waals surface area contributed by atoms with Gasteiger partial charge in [0.15, 0.2) is 9.84 Å². The van der Waals surface area contributed by atoms with Crippen LogP contribution in [0.2, 0.25) is 0 Å². The van der Waals surface area contributed by atoms with Crippen LogP contribution in [0.1, 0.15) is 38.2 Å². The molecule has 1 N–H and O–H groups in total. The predicted molar refractivity (Wildman–Crippen MR) is 74.0 cm³/mol. The Labute approximate surface area is 114 Å². The van der Waals surface area contributed by atoms with Gasteiger partial charge in [-0.25, -0.2) is 8.42 Å². The van der Waals surface area contributed by atoms with E-state index in [-0.39, 0.29) is 12.2 Å². The van der Waals surface area contributed by atoms with Gasteiger partial charge in [-0.15, -0.1) is 0 Å². The highest BCUT2D eigenvalue weighted by Gasteiger charge is 2.13. The number of carboxylic acid groups (broad SMARTS) is 1. The van der Waals surface area contributed by atoms with Gasteiger partial charge in [0.25, 0.3) is 0 Å². The van der Waals surface area contributed by atoms with E-state index in [0.717, 1.165) is 18.4 Å². The first-order valence-corrected chi connectivity index (χ1v) is 8.14. The van der Waals surface area contributed by atoms with E-state index in [1.807, 2.05) is 6.92 Å². The van der Waals surface area contributed by atoms with Crippen LogP contribution in [0.5, 0.6) is 0 Å². The van der Waals surface area contributed by atoms with E-state index in [1.165, 1.54) is 0 Å². The van der Waals surface area contributed by atoms with Crippen molar-refractivity contribution >= 4 is 15.8 Å². The Balaban J connectivity index is 2.66. The van der Waals surface area contributed by atoms with Crippen molar-refractivity contribution in [3.05, 3.63) is 29.8 Å². The first kappa shape index (κ1) is 15.7. The number of sulfone groups is 1. The minimum Gasteiger partial charge on any atom is -0.481 e. The molecule has 106 valence electrons. The molecule has 0 atom stereocenters. The van der Waals surface area contributed by atoms with Crippen molar-refractivity contribution in [2.45, 2.75) is 43.9 Å². The highest BCUT2D eigenvalue weighted by molar-refractivity contribution is 7.91. The Morgan fingerprint density at radius 1 is 1.16 bits per heavy atom. The van der Waals surface area contributed by atoms with Gasteiger partial charge in [-0.3, -0.25) is 4.79 Å². The van der Waals surface area contributed by atoms with Crippen LogP contribution in [0.15, 0.2) is 29.2 Å². The van der Waals surface area contributed by atoms with Gasteiger partial charge in [0.2, 0.25) is 0 Å². The molecule has 0 saturated heterocycles. The van der Waals surface area contributed by atoms with Crippen LogP contribution in [0, 0.1) is 0 Å². The molecule has 0 aliphatic heterocycles. The molecule has 4 nitrogen and oxygen atoms in total. The molecular formula is C14H20O4S. The monoisotopic (exact) mass is 284 g/mol. The van der Waals surface area contributed by atoms with Crippen LogP contribution in [0.4, 0.5) is 0 Å². The SMILES string of the molecule is CCCCCS(=O)(=O)c1ccc(CCC(=O)O)cc1. The lowest BCUT2D eigenvalue weighted by molar-refractivity contribution is -0.136. The number of carbonyl (C=O) groups is 1. The van der Waals surface area contributed by atoms with Gasteiger partial charge in [0, 0.05) is 6.42 Å². The maximum absolute atomic E-state index is 12.0. The number of unbranched alkanes of at least 4 members (excludes halogenated alkanes) is 2. The highest BCUT2D eigenvalue weighted by atomic mass is 32.2. The number of hydrogen-bond acceptors (Lipinski definition) is 3. The van der Waals surface area contributed by atoms with Crippen molar-refractivity contribution < 1.29 is 18.3 Å². The summed E-state index contributed by atoms with van der Waals surface area (Å²) in [6.07, 6.45) is 3.06. The lowest BCUT2D eigenvalue weighted by Crippen LogP contribution is -2.07. The summed E-state index contributed by atoms with van der Waals surface area (Å²) in [7, 11) is -3.20. The van der Waals surface area contributed by atoms with Gasteiger partial charge in [-0.05, 0) is 30.5 Å². The molecule has 0 aromatic heterocycles. The molecule has 5 heteroatoms. The molecular weight excluding hydrogens is 264 g/mol. The fourth-order valence-electron chi connectivity index (χ4n) is 1.77. The maximum atomic E-state index is 12.0. The fourth-order valence-corrected chi connectivity index (χ4v) is 3.15. The second-order valence-corrected chi connectivity index (χ2v) is 6.67. The number of rotatable bonds is 8. The lowest BCUT2D eigenvalue weighted by atomic mass is 10.1. The van der Waals surface area contributed by atoms with Gasteiger partial charge in [0.1, 0.15) is 0 Å². The van der Waals surface area contributed by atoms with Crippen LogP contribution in [0.25, 0.3) is 0 Å². The van der Waals surface area contributed by atoms with Crippen molar-refractivity contribution in [3.8, 4) is 0 Å².